The highest BCUT2D eigenvalue weighted by Gasteiger charge is 2.41. The molecule has 16 heavy (non-hydrogen) atoms. The quantitative estimate of drug-likeness (QED) is 0.559. The fourth-order valence-electron chi connectivity index (χ4n) is 2.41. The molecule has 0 bridgehead atoms. The summed E-state index contributed by atoms with van der Waals surface area (Å²) in [5, 5.41) is 10.7. The van der Waals surface area contributed by atoms with E-state index in [1.165, 1.54) is 0 Å². The van der Waals surface area contributed by atoms with Crippen molar-refractivity contribution in [2.24, 2.45) is 17.8 Å². The van der Waals surface area contributed by atoms with Crippen LogP contribution in [0.25, 0.3) is 0 Å². The van der Waals surface area contributed by atoms with Gasteiger partial charge < -0.3 is 0 Å². The van der Waals surface area contributed by atoms with Crippen LogP contribution in [-0.4, -0.2) is 22.2 Å². The maximum absolute atomic E-state index is 12.2. The van der Waals surface area contributed by atoms with Gasteiger partial charge in [0.1, 0.15) is 0 Å². The van der Waals surface area contributed by atoms with Crippen molar-refractivity contribution in [1.29, 1.82) is 0 Å². The molecule has 3 heteroatoms. The summed E-state index contributed by atoms with van der Waals surface area (Å²) in [5.74, 6) is 0.867. The standard InChI is InChI=1S/C13H25NO2/c1-5-6-10(4)12(11-7-8-11)13(15)14(16)9(2)3/h9-12,16H,5-8H2,1-4H3. The SMILES string of the molecule is CCCC(C)C(C(=O)N(O)C(C)C)C1CC1. The molecule has 0 radical (unpaired) electrons. The highest BCUT2D eigenvalue weighted by atomic mass is 16.5. The Morgan fingerprint density at radius 1 is 1.38 bits per heavy atom. The van der Waals surface area contributed by atoms with Crippen molar-refractivity contribution in [3.05, 3.63) is 0 Å². The van der Waals surface area contributed by atoms with E-state index in [0.29, 0.717) is 11.8 Å². The first kappa shape index (κ1) is 13.5. The topological polar surface area (TPSA) is 40.5 Å². The molecule has 0 aromatic rings. The van der Waals surface area contributed by atoms with Gasteiger partial charge in [-0.3, -0.25) is 10.0 Å². The molecule has 1 saturated carbocycles. The lowest BCUT2D eigenvalue weighted by atomic mass is 9.85. The minimum atomic E-state index is -0.123. The normalized spacial score (nSPS) is 19.6. The second-order valence-corrected chi connectivity index (χ2v) is 5.41. The van der Waals surface area contributed by atoms with Gasteiger partial charge in [-0.1, -0.05) is 26.7 Å². The number of hydroxylamine groups is 2. The van der Waals surface area contributed by atoms with Crippen molar-refractivity contribution in [2.75, 3.05) is 0 Å². The third-order valence-electron chi connectivity index (χ3n) is 3.49. The highest BCUT2D eigenvalue weighted by Crippen LogP contribution is 2.42. The van der Waals surface area contributed by atoms with E-state index in [1.807, 2.05) is 13.8 Å². The first-order valence-electron chi connectivity index (χ1n) is 6.51. The second-order valence-electron chi connectivity index (χ2n) is 5.41. The van der Waals surface area contributed by atoms with Crippen LogP contribution in [0.4, 0.5) is 0 Å². The first-order valence-corrected chi connectivity index (χ1v) is 6.51. The van der Waals surface area contributed by atoms with Gasteiger partial charge in [-0.15, -0.1) is 0 Å². The van der Waals surface area contributed by atoms with Crippen LogP contribution in [0.2, 0.25) is 0 Å². The molecule has 94 valence electrons. The summed E-state index contributed by atoms with van der Waals surface area (Å²) in [6.07, 6.45) is 4.47. The zero-order valence-electron chi connectivity index (χ0n) is 10.9. The molecule has 0 aromatic heterocycles. The van der Waals surface area contributed by atoms with E-state index in [2.05, 4.69) is 13.8 Å². The minimum Gasteiger partial charge on any atom is -0.286 e. The number of carbonyl (C=O) groups excluding carboxylic acids is 1. The van der Waals surface area contributed by atoms with Crippen LogP contribution in [-0.2, 0) is 4.79 Å². The summed E-state index contributed by atoms with van der Waals surface area (Å²) in [6, 6.07) is -0.123. The fraction of sp³-hybridized carbons (Fsp3) is 0.923. The van der Waals surface area contributed by atoms with Crippen molar-refractivity contribution in [1.82, 2.24) is 5.06 Å². The number of carbonyl (C=O) groups is 1. The largest absolute Gasteiger partial charge is 0.286 e. The summed E-state index contributed by atoms with van der Waals surface area (Å²) in [4.78, 5) is 12.2. The first-order chi connectivity index (χ1) is 7.49. The van der Waals surface area contributed by atoms with E-state index < -0.39 is 0 Å². The van der Waals surface area contributed by atoms with E-state index >= 15 is 0 Å². The molecule has 0 aromatic carbocycles. The Kier molecular flexibility index (Phi) is 4.78. The number of hydrogen-bond acceptors (Lipinski definition) is 2. The number of nitrogens with zero attached hydrogens (tertiary/aromatic N) is 1. The Bertz CT molecular complexity index is 236. The third kappa shape index (κ3) is 3.21. The van der Waals surface area contributed by atoms with Crippen molar-refractivity contribution in [3.8, 4) is 0 Å². The van der Waals surface area contributed by atoms with E-state index in [9.17, 15) is 10.0 Å². The van der Waals surface area contributed by atoms with E-state index in [4.69, 9.17) is 0 Å². The molecule has 2 unspecified atom stereocenters. The summed E-state index contributed by atoms with van der Waals surface area (Å²) in [6.45, 7) is 7.96. The molecule has 3 nitrogen and oxygen atoms in total. The molecule has 1 aliphatic rings. The van der Waals surface area contributed by atoms with E-state index in [0.717, 1.165) is 30.7 Å². The fourth-order valence-corrected chi connectivity index (χ4v) is 2.41. The molecule has 1 amide bonds. The molecule has 0 saturated heterocycles. The Morgan fingerprint density at radius 2 is 1.94 bits per heavy atom. The maximum Gasteiger partial charge on any atom is 0.249 e. The van der Waals surface area contributed by atoms with Gasteiger partial charge in [0.2, 0.25) is 5.91 Å². The average molecular weight is 227 g/mol. The zero-order chi connectivity index (χ0) is 12.3. The Morgan fingerprint density at radius 3 is 2.31 bits per heavy atom. The van der Waals surface area contributed by atoms with Crippen LogP contribution in [0, 0.1) is 17.8 Å². The van der Waals surface area contributed by atoms with Crippen molar-refractivity contribution < 1.29 is 10.0 Å². The van der Waals surface area contributed by atoms with Gasteiger partial charge in [0, 0.05) is 5.92 Å². The summed E-state index contributed by atoms with van der Waals surface area (Å²) in [5.41, 5.74) is 0. The number of hydrogen-bond donors (Lipinski definition) is 1. The highest BCUT2D eigenvalue weighted by molar-refractivity contribution is 5.78. The monoisotopic (exact) mass is 227 g/mol. The number of rotatable bonds is 6. The lowest BCUT2D eigenvalue weighted by Crippen LogP contribution is -2.41. The van der Waals surface area contributed by atoms with Gasteiger partial charge in [0.05, 0.1) is 6.04 Å². The molecule has 0 aliphatic heterocycles. The van der Waals surface area contributed by atoms with Crippen molar-refractivity contribution in [3.63, 3.8) is 0 Å². The van der Waals surface area contributed by atoms with E-state index in [1.54, 1.807) is 0 Å². The lowest BCUT2D eigenvalue weighted by Gasteiger charge is -2.28. The summed E-state index contributed by atoms with van der Waals surface area (Å²) < 4.78 is 0. The number of amides is 1. The molecule has 1 fully saturated rings. The zero-order valence-corrected chi connectivity index (χ0v) is 10.9. The Balaban J connectivity index is 2.65. The lowest BCUT2D eigenvalue weighted by molar-refractivity contribution is -0.180. The molecule has 1 N–H and O–H groups in total. The van der Waals surface area contributed by atoms with Crippen LogP contribution in [0.1, 0.15) is 53.4 Å². The molecular weight excluding hydrogens is 202 g/mol. The van der Waals surface area contributed by atoms with Gasteiger partial charge in [0.15, 0.2) is 0 Å². The Labute approximate surface area is 98.8 Å². The molecular formula is C13H25NO2. The molecule has 0 heterocycles. The second kappa shape index (κ2) is 5.67. The van der Waals surface area contributed by atoms with Crippen molar-refractivity contribution >= 4 is 5.91 Å². The summed E-state index contributed by atoms with van der Waals surface area (Å²) in [7, 11) is 0. The maximum atomic E-state index is 12.2. The van der Waals surface area contributed by atoms with Crippen LogP contribution in [0.5, 0.6) is 0 Å². The predicted octanol–water partition coefficient (Wildman–Crippen LogP) is 3.08. The minimum absolute atomic E-state index is 0.0346. The molecule has 1 rings (SSSR count). The molecule has 2 atom stereocenters. The summed E-state index contributed by atoms with van der Waals surface area (Å²) >= 11 is 0. The molecule has 0 spiro atoms. The van der Waals surface area contributed by atoms with Crippen molar-refractivity contribution in [2.45, 2.75) is 59.4 Å². The van der Waals surface area contributed by atoms with Crippen LogP contribution >= 0.6 is 0 Å². The Hall–Kier alpha value is -0.570. The van der Waals surface area contributed by atoms with Gasteiger partial charge in [0.25, 0.3) is 0 Å². The van der Waals surface area contributed by atoms with Gasteiger partial charge in [-0.2, -0.15) is 0 Å². The van der Waals surface area contributed by atoms with Gasteiger partial charge >= 0.3 is 0 Å². The predicted molar refractivity (Wildman–Crippen MR) is 64.1 cm³/mol. The smallest absolute Gasteiger partial charge is 0.249 e. The van der Waals surface area contributed by atoms with Crippen LogP contribution in [0.15, 0.2) is 0 Å². The van der Waals surface area contributed by atoms with Gasteiger partial charge in [-0.25, -0.2) is 5.06 Å². The van der Waals surface area contributed by atoms with Crippen LogP contribution < -0.4 is 0 Å². The van der Waals surface area contributed by atoms with Crippen LogP contribution in [0.3, 0.4) is 0 Å². The molecule has 1 aliphatic carbocycles. The third-order valence-corrected chi connectivity index (χ3v) is 3.49. The average Bonchev–Trinajstić information content (AvgIpc) is 3.01. The van der Waals surface area contributed by atoms with E-state index in [-0.39, 0.29) is 17.9 Å². The van der Waals surface area contributed by atoms with Gasteiger partial charge in [-0.05, 0) is 38.5 Å².